The zero-order valence-corrected chi connectivity index (χ0v) is 16.4. The van der Waals surface area contributed by atoms with E-state index in [1.165, 1.54) is 7.11 Å². The third-order valence-corrected chi connectivity index (χ3v) is 4.19. The van der Waals surface area contributed by atoms with Crippen molar-refractivity contribution in [3.05, 3.63) is 78.5 Å². The number of methoxy groups -OCH3 is 1. The highest BCUT2D eigenvalue weighted by molar-refractivity contribution is 6.05. The van der Waals surface area contributed by atoms with Gasteiger partial charge in [-0.3, -0.25) is 4.79 Å². The number of hydrogen-bond acceptors (Lipinski definition) is 7. The van der Waals surface area contributed by atoms with Gasteiger partial charge in [0.25, 0.3) is 5.91 Å². The maximum Gasteiger partial charge on any atom is 0.261 e. The number of amides is 1. The first-order valence-corrected chi connectivity index (χ1v) is 9.15. The van der Waals surface area contributed by atoms with Crippen molar-refractivity contribution in [3.8, 4) is 11.7 Å². The lowest BCUT2D eigenvalue weighted by molar-refractivity contribution is 0.102. The molecule has 9 nitrogen and oxygen atoms in total. The summed E-state index contributed by atoms with van der Waals surface area (Å²) in [4.78, 5) is 25.3. The van der Waals surface area contributed by atoms with E-state index in [1.54, 1.807) is 41.3 Å². The van der Waals surface area contributed by atoms with Crippen molar-refractivity contribution in [1.29, 1.82) is 0 Å². The number of pyridine rings is 1. The topological polar surface area (TPSA) is 107 Å². The Morgan fingerprint density at radius 3 is 2.57 bits per heavy atom. The van der Waals surface area contributed by atoms with Crippen LogP contribution >= 0.6 is 0 Å². The molecule has 9 heteroatoms. The van der Waals surface area contributed by atoms with Crippen LogP contribution in [0.4, 0.5) is 17.2 Å². The highest BCUT2D eigenvalue weighted by atomic mass is 16.5. The van der Waals surface area contributed by atoms with Crippen LogP contribution in [0.5, 0.6) is 5.88 Å². The van der Waals surface area contributed by atoms with Gasteiger partial charge in [-0.15, -0.1) is 0 Å². The molecule has 4 aromatic rings. The van der Waals surface area contributed by atoms with Crippen LogP contribution in [0, 0.1) is 6.92 Å². The summed E-state index contributed by atoms with van der Waals surface area (Å²) >= 11 is 0. The molecule has 0 bridgehead atoms. The molecule has 0 atom stereocenters. The summed E-state index contributed by atoms with van der Waals surface area (Å²) in [5, 5.41) is 10.3. The summed E-state index contributed by atoms with van der Waals surface area (Å²) in [6.45, 7) is 1.82. The summed E-state index contributed by atoms with van der Waals surface area (Å²) < 4.78 is 6.81. The van der Waals surface area contributed by atoms with E-state index in [0.29, 0.717) is 28.7 Å². The molecule has 0 radical (unpaired) electrons. The molecular weight excluding hydrogens is 382 g/mol. The van der Waals surface area contributed by atoms with Gasteiger partial charge >= 0.3 is 0 Å². The lowest BCUT2D eigenvalue weighted by atomic mass is 10.2. The van der Waals surface area contributed by atoms with Crippen LogP contribution in [-0.2, 0) is 0 Å². The average molecular weight is 401 g/mol. The quantitative estimate of drug-likeness (QED) is 0.510. The van der Waals surface area contributed by atoms with Crippen LogP contribution in [0.15, 0.2) is 67.1 Å². The number of benzene rings is 1. The van der Waals surface area contributed by atoms with Gasteiger partial charge in [0.2, 0.25) is 5.88 Å². The van der Waals surface area contributed by atoms with Crippen LogP contribution in [0.1, 0.15) is 16.2 Å². The SMILES string of the molecule is COc1ncccc1C(=O)Nc1ccc(Nc2cc(-n3cccn3)nc(C)n2)cc1. The van der Waals surface area contributed by atoms with Crippen molar-refractivity contribution >= 4 is 23.1 Å². The fourth-order valence-corrected chi connectivity index (χ4v) is 2.85. The average Bonchev–Trinajstić information content (AvgIpc) is 3.30. The fourth-order valence-electron chi connectivity index (χ4n) is 2.85. The molecule has 0 spiro atoms. The number of carbonyl (C=O) groups excluding carboxylic acids is 1. The number of nitrogens with zero attached hydrogens (tertiary/aromatic N) is 5. The predicted molar refractivity (Wildman–Crippen MR) is 112 cm³/mol. The van der Waals surface area contributed by atoms with E-state index in [0.717, 1.165) is 5.69 Å². The number of carbonyl (C=O) groups is 1. The van der Waals surface area contributed by atoms with Crippen LogP contribution in [0.25, 0.3) is 5.82 Å². The minimum Gasteiger partial charge on any atom is -0.480 e. The molecule has 30 heavy (non-hydrogen) atoms. The molecule has 4 rings (SSSR count). The van der Waals surface area contributed by atoms with Gasteiger partial charge in [-0.2, -0.15) is 5.10 Å². The molecule has 0 unspecified atom stereocenters. The Hall–Kier alpha value is -4.27. The third-order valence-electron chi connectivity index (χ3n) is 4.19. The van der Waals surface area contributed by atoms with Gasteiger partial charge < -0.3 is 15.4 Å². The number of nitrogens with one attached hydrogen (secondary N) is 2. The van der Waals surface area contributed by atoms with E-state index < -0.39 is 0 Å². The summed E-state index contributed by atoms with van der Waals surface area (Å²) in [6.07, 6.45) is 5.08. The van der Waals surface area contributed by atoms with Gasteiger partial charge in [0.15, 0.2) is 5.82 Å². The Bertz CT molecular complexity index is 1160. The third kappa shape index (κ3) is 4.25. The fraction of sp³-hybridized carbons (Fsp3) is 0.0952. The molecule has 0 aliphatic rings. The molecule has 0 saturated carbocycles. The van der Waals surface area contributed by atoms with Gasteiger partial charge in [0.1, 0.15) is 17.2 Å². The molecule has 0 fully saturated rings. The molecule has 1 aromatic carbocycles. The van der Waals surface area contributed by atoms with Gasteiger partial charge in [-0.1, -0.05) is 0 Å². The van der Waals surface area contributed by atoms with Crippen LogP contribution in [-0.4, -0.2) is 37.7 Å². The molecule has 3 heterocycles. The van der Waals surface area contributed by atoms with E-state index in [9.17, 15) is 4.79 Å². The Morgan fingerprint density at radius 2 is 1.83 bits per heavy atom. The molecule has 0 saturated heterocycles. The number of aromatic nitrogens is 5. The number of rotatable bonds is 6. The predicted octanol–water partition coefficient (Wildman–Crippen LogP) is 3.37. The molecule has 0 aliphatic carbocycles. The standard InChI is InChI=1S/C21H19N7O2/c1-14-24-18(13-19(25-14)28-12-4-11-23-28)26-15-6-8-16(9-7-15)27-20(29)17-5-3-10-22-21(17)30-2/h3-13H,1-2H3,(H,27,29)(H,24,25,26). The van der Waals surface area contributed by atoms with Crippen molar-refractivity contribution < 1.29 is 9.53 Å². The van der Waals surface area contributed by atoms with E-state index in [2.05, 4.69) is 30.7 Å². The second kappa shape index (κ2) is 8.39. The normalized spacial score (nSPS) is 10.5. The number of hydrogen-bond donors (Lipinski definition) is 2. The molecule has 1 amide bonds. The Morgan fingerprint density at radius 1 is 1.03 bits per heavy atom. The Balaban J connectivity index is 1.47. The zero-order chi connectivity index (χ0) is 20.9. The maximum absolute atomic E-state index is 12.5. The van der Waals surface area contributed by atoms with Crippen molar-refractivity contribution in [2.75, 3.05) is 17.7 Å². The second-order valence-electron chi connectivity index (χ2n) is 6.33. The summed E-state index contributed by atoms with van der Waals surface area (Å²) in [6, 6.07) is 14.3. The van der Waals surface area contributed by atoms with Gasteiger partial charge in [-0.25, -0.2) is 19.6 Å². The molecular formula is C21H19N7O2. The number of aryl methyl sites for hydroxylation is 1. The van der Waals surface area contributed by atoms with Crippen LogP contribution < -0.4 is 15.4 Å². The lowest BCUT2D eigenvalue weighted by Crippen LogP contribution is -2.13. The Labute approximate surface area is 172 Å². The molecule has 2 N–H and O–H groups in total. The van der Waals surface area contributed by atoms with Crippen LogP contribution in [0.2, 0.25) is 0 Å². The van der Waals surface area contributed by atoms with Crippen molar-refractivity contribution in [2.45, 2.75) is 6.92 Å². The molecule has 0 aliphatic heterocycles. The molecule has 150 valence electrons. The minimum atomic E-state index is -0.295. The van der Waals surface area contributed by atoms with E-state index >= 15 is 0 Å². The monoisotopic (exact) mass is 401 g/mol. The highest BCUT2D eigenvalue weighted by Gasteiger charge is 2.13. The van der Waals surface area contributed by atoms with Gasteiger partial charge in [0.05, 0.1) is 7.11 Å². The smallest absolute Gasteiger partial charge is 0.261 e. The first-order valence-electron chi connectivity index (χ1n) is 9.15. The Kier molecular flexibility index (Phi) is 5.33. The maximum atomic E-state index is 12.5. The second-order valence-corrected chi connectivity index (χ2v) is 6.33. The molecule has 3 aromatic heterocycles. The van der Waals surface area contributed by atoms with Gasteiger partial charge in [-0.05, 0) is 49.4 Å². The summed E-state index contributed by atoms with van der Waals surface area (Å²) in [5.74, 6) is 1.92. The number of anilines is 3. The number of ether oxygens (including phenoxy) is 1. The van der Waals surface area contributed by atoms with Crippen molar-refractivity contribution in [3.63, 3.8) is 0 Å². The first kappa shape index (κ1) is 19.1. The van der Waals surface area contributed by atoms with Crippen molar-refractivity contribution in [2.24, 2.45) is 0 Å². The minimum absolute atomic E-state index is 0.278. The lowest BCUT2D eigenvalue weighted by Gasteiger charge is -2.11. The zero-order valence-electron chi connectivity index (χ0n) is 16.4. The van der Waals surface area contributed by atoms with E-state index in [1.807, 2.05) is 37.4 Å². The van der Waals surface area contributed by atoms with Crippen LogP contribution in [0.3, 0.4) is 0 Å². The summed E-state index contributed by atoms with van der Waals surface area (Å²) in [5.41, 5.74) is 1.83. The summed E-state index contributed by atoms with van der Waals surface area (Å²) in [7, 11) is 1.48. The largest absolute Gasteiger partial charge is 0.480 e. The van der Waals surface area contributed by atoms with E-state index in [-0.39, 0.29) is 11.8 Å². The van der Waals surface area contributed by atoms with Crippen molar-refractivity contribution in [1.82, 2.24) is 24.7 Å². The van der Waals surface area contributed by atoms with Gasteiger partial charge in [0, 0.05) is 36.0 Å². The highest BCUT2D eigenvalue weighted by Crippen LogP contribution is 2.21. The van der Waals surface area contributed by atoms with E-state index in [4.69, 9.17) is 4.74 Å². The first-order chi connectivity index (χ1) is 14.6.